The molecular formula is C22H18N4O2S2. The number of non-ortho nitro benzene ring substituents is 1. The fourth-order valence-electron chi connectivity index (χ4n) is 2.33. The smallest absolute Gasteiger partial charge is 0.270 e. The van der Waals surface area contributed by atoms with Crippen LogP contribution in [0.2, 0.25) is 0 Å². The van der Waals surface area contributed by atoms with Crippen molar-refractivity contribution < 1.29 is 4.92 Å². The summed E-state index contributed by atoms with van der Waals surface area (Å²) in [6, 6.07) is 22.1. The molecule has 0 saturated heterocycles. The van der Waals surface area contributed by atoms with Gasteiger partial charge < -0.3 is 5.73 Å². The van der Waals surface area contributed by atoms with Crippen molar-refractivity contribution in [3.05, 3.63) is 108 Å². The number of anilines is 1. The number of nitro benzene ring substituents is 1. The van der Waals surface area contributed by atoms with Crippen LogP contribution < -0.4 is 5.73 Å². The maximum Gasteiger partial charge on any atom is 0.270 e. The third-order valence-corrected chi connectivity index (χ3v) is 5.56. The Hall–Kier alpha value is -3.36. The molecule has 0 atom stereocenters. The van der Waals surface area contributed by atoms with Gasteiger partial charge in [-0.2, -0.15) is 0 Å². The highest BCUT2D eigenvalue weighted by molar-refractivity contribution is 7.99. The minimum absolute atomic E-state index is 0.105. The number of nitrogen functional groups attached to an aromatic ring is 1. The molecule has 4 aromatic rings. The summed E-state index contributed by atoms with van der Waals surface area (Å²) < 4.78 is 0. The molecule has 0 amide bonds. The lowest BCUT2D eigenvalue weighted by atomic mass is 10.3. The first-order valence-corrected chi connectivity index (χ1v) is 10.5. The Labute approximate surface area is 182 Å². The first kappa shape index (κ1) is 21.4. The zero-order valence-electron chi connectivity index (χ0n) is 15.8. The van der Waals surface area contributed by atoms with Crippen molar-refractivity contribution in [2.24, 2.45) is 0 Å². The quantitative estimate of drug-likeness (QED) is 0.235. The molecular weight excluding hydrogens is 416 g/mol. The van der Waals surface area contributed by atoms with Gasteiger partial charge in [0.1, 0.15) is 0 Å². The average molecular weight is 435 g/mol. The van der Waals surface area contributed by atoms with Crippen molar-refractivity contribution in [2.45, 2.75) is 19.6 Å². The van der Waals surface area contributed by atoms with E-state index in [1.807, 2.05) is 60.8 Å². The van der Waals surface area contributed by atoms with Crippen molar-refractivity contribution in [3.63, 3.8) is 0 Å². The molecule has 4 rings (SSSR count). The molecule has 2 aromatic carbocycles. The van der Waals surface area contributed by atoms with Gasteiger partial charge in [0.05, 0.1) is 4.92 Å². The summed E-state index contributed by atoms with van der Waals surface area (Å²) >= 11 is 3.11. The Bertz CT molecular complexity index is 1100. The van der Waals surface area contributed by atoms with E-state index >= 15 is 0 Å². The van der Waals surface area contributed by atoms with E-state index < -0.39 is 4.92 Å². The van der Waals surface area contributed by atoms with Gasteiger partial charge in [-0.1, -0.05) is 35.7 Å². The number of aromatic nitrogens is 2. The van der Waals surface area contributed by atoms with Gasteiger partial charge in [0, 0.05) is 62.2 Å². The van der Waals surface area contributed by atoms with Crippen LogP contribution in [-0.2, 0) is 0 Å². The fraction of sp³-hybridized carbons (Fsp3) is 0. The normalized spacial score (nSPS) is 10.0. The first-order chi connectivity index (χ1) is 14.6. The van der Waals surface area contributed by atoms with Crippen LogP contribution in [0.4, 0.5) is 11.4 Å². The first-order valence-electron chi connectivity index (χ1n) is 8.86. The molecule has 8 heteroatoms. The molecule has 2 heterocycles. The van der Waals surface area contributed by atoms with Gasteiger partial charge in [-0.05, 0) is 48.5 Å². The maximum absolute atomic E-state index is 10.6. The Kier molecular flexibility index (Phi) is 7.82. The van der Waals surface area contributed by atoms with Gasteiger partial charge in [-0.3, -0.25) is 20.1 Å². The zero-order chi connectivity index (χ0) is 21.2. The second-order valence-electron chi connectivity index (χ2n) is 5.91. The molecule has 2 aromatic heterocycles. The number of nitro groups is 1. The molecule has 0 aliphatic heterocycles. The van der Waals surface area contributed by atoms with Crippen LogP contribution in [0.3, 0.4) is 0 Å². The summed E-state index contributed by atoms with van der Waals surface area (Å²) in [6.45, 7) is 0. The molecule has 0 bridgehead atoms. The highest BCUT2D eigenvalue weighted by Crippen LogP contribution is 2.29. The Morgan fingerprint density at radius 1 is 0.733 bits per heavy atom. The lowest BCUT2D eigenvalue weighted by Gasteiger charge is -2.01. The summed E-state index contributed by atoms with van der Waals surface area (Å²) in [5, 5.41) is 10.6. The molecule has 0 aliphatic rings. The summed E-state index contributed by atoms with van der Waals surface area (Å²) in [6.07, 6.45) is 7.03. The molecule has 150 valence electrons. The van der Waals surface area contributed by atoms with Crippen LogP contribution in [0.1, 0.15) is 0 Å². The Morgan fingerprint density at radius 3 is 1.77 bits per heavy atom. The zero-order valence-corrected chi connectivity index (χ0v) is 17.4. The molecule has 0 unspecified atom stereocenters. The number of hydrogen-bond acceptors (Lipinski definition) is 7. The molecule has 0 spiro atoms. The van der Waals surface area contributed by atoms with Crippen molar-refractivity contribution in [1.29, 1.82) is 0 Å². The van der Waals surface area contributed by atoms with Crippen molar-refractivity contribution in [2.75, 3.05) is 5.73 Å². The van der Waals surface area contributed by atoms with E-state index in [1.165, 1.54) is 17.8 Å². The van der Waals surface area contributed by atoms with Crippen LogP contribution in [0.25, 0.3) is 0 Å². The van der Waals surface area contributed by atoms with Crippen LogP contribution in [0.15, 0.2) is 117 Å². The Balaban J connectivity index is 0.000000172. The topological polar surface area (TPSA) is 94.9 Å². The lowest BCUT2D eigenvalue weighted by molar-refractivity contribution is -0.385. The van der Waals surface area contributed by atoms with Gasteiger partial charge in [0.15, 0.2) is 0 Å². The summed E-state index contributed by atoms with van der Waals surface area (Å²) in [7, 11) is 0. The Morgan fingerprint density at radius 2 is 1.27 bits per heavy atom. The molecule has 6 nitrogen and oxygen atoms in total. The monoisotopic (exact) mass is 434 g/mol. The fourth-order valence-corrected chi connectivity index (χ4v) is 4.06. The molecule has 0 aliphatic carbocycles. The predicted octanol–water partition coefficient (Wildman–Crippen LogP) is 5.96. The number of nitrogens with zero attached hydrogens (tertiary/aromatic N) is 3. The van der Waals surface area contributed by atoms with Gasteiger partial charge in [-0.25, -0.2) is 0 Å². The highest BCUT2D eigenvalue weighted by atomic mass is 32.2. The molecule has 0 saturated carbocycles. The van der Waals surface area contributed by atoms with Crippen LogP contribution in [0.5, 0.6) is 0 Å². The minimum Gasteiger partial charge on any atom is -0.399 e. The third kappa shape index (κ3) is 6.91. The maximum atomic E-state index is 10.6. The summed E-state index contributed by atoms with van der Waals surface area (Å²) in [5.41, 5.74) is 6.58. The van der Waals surface area contributed by atoms with Gasteiger partial charge in [-0.15, -0.1) is 0 Å². The van der Waals surface area contributed by atoms with Crippen LogP contribution in [0, 0.1) is 10.1 Å². The molecule has 0 radical (unpaired) electrons. The van der Waals surface area contributed by atoms with Gasteiger partial charge in [0.25, 0.3) is 5.69 Å². The molecule has 30 heavy (non-hydrogen) atoms. The lowest BCUT2D eigenvalue weighted by Crippen LogP contribution is -1.87. The number of benzene rings is 2. The second-order valence-corrected chi connectivity index (χ2v) is 8.20. The third-order valence-electron chi connectivity index (χ3n) is 3.63. The predicted molar refractivity (Wildman–Crippen MR) is 121 cm³/mol. The van der Waals surface area contributed by atoms with E-state index in [9.17, 15) is 10.1 Å². The van der Waals surface area contributed by atoms with E-state index in [1.54, 1.807) is 42.5 Å². The van der Waals surface area contributed by atoms with Crippen LogP contribution in [-0.4, -0.2) is 14.9 Å². The SMILES string of the molecule is Nc1cccc(Sc2cccnc2)c1.O=[N+]([O-])c1cccc(Sc2cccnc2)c1. The van der Waals surface area contributed by atoms with Gasteiger partial charge >= 0.3 is 0 Å². The molecule has 2 N–H and O–H groups in total. The van der Waals surface area contributed by atoms with Crippen LogP contribution >= 0.6 is 23.5 Å². The van der Waals surface area contributed by atoms with Crippen molar-refractivity contribution in [3.8, 4) is 0 Å². The second kappa shape index (κ2) is 11.0. The minimum atomic E-state index is -0.396. The van der Waals surface area contributed by atoms with Gasteiger partial charge in [0.2, 0.25) is 0 Å². The van der Waals surface area contributed by atoms with E-state index in [-0.39, 0.29) is 5.69 Å². The number of pyridine rings is 2. The number of nitrogens with two attached hydrogens (primary N) is 1. The van der Waals surface area contributed by atoms with Crippen molar-refractivity contribution in [1.82, 2.24) is 9.97 Å². The highest BCUT2D eigenvalue weighted by Gasteiger charge is 2.06. The number of rotatable bonds is 5. The number of hydrogen-bond donors (Lipinski definition) is 1. The molecule has 0 fully saturated rings. The van der Waals surface area contributed by atoms with E-state index in [0.29, 0.717) is 0 Å². The largest absolute Gasteiger partial charge is 0.399 e. The summed E-state index contributed by atoms with van der Waals surface area (Å²) in [5.74, 6) is 0. The van der Waals surface area contributed by atoms with E-state index in [2.05, 4.69) is 9.97 Å². The standard InChI is InChI=1S/C11H8N2O2S.C11H10N2S/c14-13(15)9-3-1-4-10(7-9)16-11-5-2-6-12-8-11;12-9-3-1-4-10(7-9)14-11-5-2-6-13-8-11/h1-8H;1-8H,12H2. The van der Waals surface area contributed by atoms with E-state index in [4.69, 9.17) is 5.73 Å². The van der Waals surface area contributed by atoms with Crippen molar-refractivity contribution >= 4 is 34.9 Å². The summed E-state index contributed by atoms with van der Waals surface area (Å²) in [4.78, 5) is 22.3. The average Bonchev–Trinajstić information content (AvgIpc) is 2.76. The van der Waals surface area contributed by atoms with E-state index in [0.717, 1.165) is 25.3 Å².